The van der Waals surface area contributed by atoms with E-state index >= 15 is 0 Å². The number of hydrogen-bond acceptors (Lipinski definition) is 4. The van der Waals surface area contributed by atoms with Crippen molar-refractivity contribution in [3.05, 3.63) is 23.8 Å². The number of anilines is 2. The molecule has 0 bridgehead atoms. The van der Waals surface area contributed by atoms with Gasteiger partial charge in [0, 0.05) is 13.1 Å². The summed E-state index contributed by atoms with van der Waals surface area (Å²) in [5, 5.41) is 23.4. The standard InChI is InChI=1S/C16H22N4O2.C2H6/c17-8-11-4-5-14(18)15(7-11)19-9-12-2-1-3-13(6-12)10-20-16(21)22;1-2/h4-5,7,12-13,19-20H,1-3,6,9-10,18H2,(H,21,22);1-2H3/t12-,13+;/m0./s1. The van der Waals surface area contributed by atoms with Crippen LogP contribution in [0.15, 0.2) is 18.2 Å². The van der Waals surface area contributed by atoms with Gasteiger partial charge in [0.25, 0.3) is 0 Å². The molecule has 1 aromatic rings. The summed E-state index contributed by atoms with van der Waals surface area (Å²) in [7, 11) is 0. The van der Waals surface area contributed by atoms with Crippen molar-refractivity contribution in [1.82, 2.24) is 5.32 Å². The van der Waals surface area contributed by atoms with Gasteiger partial charge in [-0.2, -0.15) is 5.26 Å². The van der Waals surface area contributed by atoms with Crippen LogP contribution in [0.4, 0.5) is 16.2 Å². The van der Waals surface area contributed by atoms with Gasteiger partial charge in [-0.15, -0.1) is 0 Å². The number of benzene rings is 1. The molecule has 132 valence electrons. The normalized spacial score (nSPS) is 19.4. The highest BCUT2D eigenvalue weighted by atomic mass is 16.4. The molecular formula is C18H28N4O2. The first-order chi connectivity index (χ1) is 11.6. The molecule has 24 heavy (non-hydrogen) atoms. The molecule has 0 radical (unpaired) electrons. The number of carbonyl (C=O) groups is 1. The number of amides is 1. The lowest BCUT2D eigenvalue weighted by Crippen LogP contribution is -2.32. The van der Waals surface area contributed by atoms with Crippen LogP contribution < -0.4 is 16.4 Å². The molecular weight excluding hydrogens is 304 g/mol. The molecule has 1 aliphatic rings. The predicted octanol–water partition coefficient (Wildman–Crippen LogP) is 3.65. The molecule has 0 spiro atoms. The minimum absolute atomic E-state index is 0.402. The number of nitriles is 1. The molecule has 0 aromatic heterocycles. The summed E-state index contributed by atoms with van der Waals surface area (Å²) < 4.78 is 0. The van der Waals surface area contributed by atoms with Crippen molar-refractivity contribution in [1.29, 1.82) is 5.26 Å². The van der Waals surface area contributed by atoms with E-state index in [-0.39, 0.29) is 0 Å². The van der Waals surface area contributed by atoms with Crippen molar-refractivity contribution < 1.29 is 9.90 Å². The maximum atomic E-state index is 10.6. The first-order valence-corrected chi connectivity index (χ1v) is 8.58. The molecule has 6 heteroatoms. The Morgan fingerprint density at radius 2 is 2.00 bits per heavy atom. The van der Waals surface area contributed by atoms with E-state index in [1.165, 1.54) is 0 Å². The number of nitrogens with two attached hydrogens (primary N) is 1. The quantitative estimate of drug-likeness (QED) is 0.615. The molecule has 5 N–H and O–H groups in total. The van der Waals surface area contributed by atoms with Crippen LogP contribution in [0, 0.1) is 23.2 Å². The zero-order valence-corrected chi connectivity index (χ0v) is 14.5. The van der Waals surface area contributed by atoms with Gasteiger partial charge in [-0.25, -0.2) is 4.79 Å². The van der Waals surface area contributed by atoms with Gasteiger partial charge >= 0.3 is 6.09 Å². The Labute approximate surface area is 144 Å². The zero-order chi connectivity index (χ0) is 17.9. The maximum absolute atomic E-state index is 10.6. The number of nitrogens with zero attached hydrogens (tertiary/aromatic N) is 1. The van der Waals surface area contributed by atoms with Gasteiger partial charge in [-0.05, 0) is 49.3 Å². The fourth-order valence-electron chi connectivity index (χ4n) is 3.04. The van der Waals surface area contributed by atoms with Crippen molar-refractivity contribution in [3.63, 3.8) is 0 Å². The zero-order valence-electron chi connectivity index (χ0n) is 14.5. The Hall–Kier alpha value is -2.42. The molecule has 0 saturated heterocycles. The van der Waals surface area contributed by atoms with Crippen LogP contribution in [0.3, 0.4) is 0 Å². The van der Waals surface area contributed by atoms with E-state index in [1.54, 1.807) is 18.2 Å². The van der Waals surface area contributed by atoms with Crippen molar-refractivity contribution in [2.45, 2.75) is 39.5 Å². The second-order valence-electron chi connectivity index (χ2n) is 5.88. The van der Waals surface area contributed by atoms with Gasteiger partial charge < -0.3 is 21.5 Å². The van der Waals surface area contributed by atoms with Crippen LogP contribution in [0.5, 0.6) is 0 Å². The lowest BCUT2D eigenvalue weighted by atomic mass is 9.81. The summed E-state index contributed by atoms with van der Waals surface area (Å²) in [5.41, 5.74) is 7.94. The molecule has 0 unspecified atom stereocenters. The molecule has 2 rings (SSSR count). The van der Waals surface area contributed by atoms with Crippen LogP contribution in [-0.4, -0.2) is 24.3 Å². The molecule has 1 aromatic carbocycles. The molecule has 2 atom stereocenters. The fraction of sp³-hybridized carbons (Fsp3) is 0.556. The number of nitrogens with one attached hydrogen (secondary N) is 2. The summed E-state index contributed by atoms with van der Waals surface area (Å²) >= 11 is 0. The summed E-state index contributed by atoms with van der Waals surface area (Å²) in [6.07, 6.45) is 3.37. The molecule has 1 amide bonds. The first-order valence-electron chi connectivity index (χ1n) is 8.58. The van der Waals surface area contributed by atoms with E-state index in [0.717, 1.165) is 37.9 Å². The minimum atomic E-state index is -0.957. The lowest BCUT2D eigenvalue weighted by molar-refractivity contribution is 0.187. The Bertz CT molecular complexity index is 569. The van der Waals surface area contributed by atoms with Crippen molar-refractivity contribution in [3.8, 4) is 6.07 Å². The lowest BCUT2D eigenvalue weighted by Gasteiger charge is -2.29. The van der Waals surface area contributed by atoms with Gasteiger partial charge in [0.15, 0.2) is 0 Å². The van der Waals surface area contributed by atoms with Gasteiger partial charge in [0.1, 0.15) is 0 Å². The highest BCUT2D eigenvalue weighted by molar-refractivity contribution is 5.68. The van der Waals surface area contributed by atoms with Gasteiger partial charge in [-0.1, -0.05) is 20.3 Å². The van der Waals surface area contributed by atoms with Crippen LogP contribution in [0.2, 0.25) is 0 Å². The maximum Gasteiger partial charge on any atom is 0.404 e. The Morgan fingerprint density at radius 1 is 1.33 bits per heavy atom. The third kappa shape index (κ3) is 6.37. The highest BCUT2D eigenvalue weighted by Gasteiger charge is 2.22. The smallest absolute Gasteiger partial charge is 0.404 e. The summed E-state index contributed by atoms with van der Waals surface area (Å²) in [6, 6.07) is 7.31. The van der Waals surface area contributed by atoms with Gasteiger partial charge in [0.05, 0.1) is 23.0 Å². The van der Waals surface area contributed by atoms with E-state index in [9.17, 15) is 4.79 Å². The molecule has 1 fully saturated rings. The highest BCUT2D eigenvalue weighted by Crippen LogP contribution is 2.29. The van der Waals surface area contributed by atoms with Crippen LogP contribution in [-0.2, 0) is 0 Å². The summed E-state index contributed by atoms with van der Waals surface area (Å²) in [5.74, 6) is 0.902. The second-order valence-corrected chi connectivity index (χ2v) is 5.88. The third-order valence-corrected chi connectivity index (χ3v) is 4.20. The minimum Gasteiger partial charge on any atom is -0.465 e. The first kappa shape index (κ1) is 19.6. The predicted molar refractivity (Wildman–Crippen MR) is 96.9 cm³/mol. The Balaban J connectivity index is 0.00000139. The summed E-state index contributed by atoms with van der Waals surface area (Å²) in [4.78, 5) is 10.6. The molecule has 1 saturated carbocycles. The topological polar surface area (TPSA) is 111 Å². The summed E-state index contributed by atoms with van der Waals surface area (Å²) in [6.45, 7) is 5.32. The molecule has 1 aliphatic carbocycles. The second kappa shape index (κ2) is 10.4. The van der Waals surface area contributed by atoms with Crippen molar-refractivity contribution in [2.24, 2.45) is 11.8 Å². The van der Waals surface area contributed by atoms with E-state index < -0.39 is 6.09 Å². The molecule has 0 heterocycles. The third-order valence-electron chi connectivity index (χ3n) is 4.20. The largest absolute Gasteiger partial charge is 0.465 e. The van der Waals surface area contributed by atoms with Gasteiger partial charge in [0.2, 0.25) is 0 Å². The SMILES string of the molecule is CC.N#Cc1ccc(N)c(NC[C@H]2CCC[C@@H](CNC(=O)O)C2)c1. The van der Waals surface area contributed by atoms with Crippen LogP contribution >= 0.6 is 0 Å². The van der Waals surface area contributed by atoms with Crippen LogP contribution in [0.1, 0.15) is 45.1 Å². The average Bonchev–Trinajstić information content (AvgIpc) is 2.61. The van der Waals surface area contributed by atoms with E-state index in [2.05, 4.69) is 16.7 Å². The molecule has 0 aliphatic heterocycles. The number of carboxylic acid groups (broad SMARTS) is 1. The number of rotatable bonds is 5. The molecule has 6 nitrogen and oxygen atoms in total. The number of hydrogen-bond donors (Lipinski definition) is 4. The van der Waals surface area contributed by atoms with E-state index in [0.29, 0.717) is 29.6 Å². The van der Waals surface area contributed by atoms with E-state index in [4.69, 9.17) is 16.1 Å². The van der Waals surface area contributed by atoms with E-state index in [1.807, 2.05) is 13.8 Å². The Kier molecular flexibility index (Phi) is 8.48. The van der Waals surface area contributed by atoms with Crippen LogP contribution in [0.25, 0.3) is 0 Å². The van der Waals surface area contributed by atoms with Crippen molar-refractivity contribution in [2.75, 3.05) is 24.1 Å². The number of nitrogen functional groups attached to an aromatic ring is 1. The monoisotopic (exact) mass is 332 g/mol. The van der Waals surface area contributed by atoms with Crippen molar-refractivity contribution >= 4 is 17.5 Å². The average molecular weight is 332 g/mol. The van der Waals surface area contributed by atoms with Gasteiger partial charge in [-0.3, -0.25) is 0 Å². The Morgan fingerprint density at radius 3 is 2.62 bits per heavy atom. The fourth-order valence-corrected chi connectivity index (χ4v) is 3.04.